The summed E-state index contributed by atoms with van der Waals surface area (Å²) in [6.45, 7) is 8.68. The van der Waals surface area contributed by atoms with Crippen molar-refractivity contribution in [3.8, 4) is 0 Å². The summed E-state index contributed by atoms with van der Waals surface area (Å²) in [7, 11) is 0. The van der Waals surface area contributed by atoms with E-state index in [4.69, 9.17) is 4.74 Å². The van der Waals surface area contributed by atoms with Crippen LogP contribution < -0.4 is 0 Å². The van der Waals surface area contributed by atoms with Gasteiger partial charge in [0.05, 0.1) is 22.8 Å². The van der Waals surface area contributed by atoms with Crippen LogP contribution in [0.4, 0.5) is 0 Å². The normalized spacial score (nSPS) is 36.3. The molecule has 1 aromatic carbocycles. The van der Waals surface area contributed by atoms with Crippen LogP contribution in [0.2, 0.25) is 0 Å². The summed E-state index contributed by atoms with van der Waals surface area (Å²) in [6, 6.07) is 8.20. The third-order valence-electron chi connectivity index (χ3n) is 10.1. The van der Waals surface area contributed by atoms with E-state index >= 15 is 0 Å². The average Bonchev–Trinajstić information content (AvgIpc) is 3.37. The Labute approximate surface area is 200 Å². The maximum Gasteiger partial charge on any atom is 0.342 e. The minimum atomic E-state index is -0.368. The molecule has 2 unspecified atom stereocenters. The van der Waals surface area contributed by atoms with Crippen molar-refractivity contribution in [2.75, 3.05) is 6.54 Å². The molecule has 5 nitrogen and oxygen atoms in total. The van der Waals surface area contributed by atoms with Crippen molar-refractivity contribution in [2.45, 2.75) is 71.3 Å². The molecule has 1 aromatic heterocycles. The number of hydrogen-bond acceptors (Lipinski definition) is 3. The summed E-state index contributed by atoms with van der Waals surface area (Å²) in [6.07, 6.45) is 7.41. The average molecular weight is 459 g/mol. The molecule has 7 rings (SSSR count). The molecule has 1 spiro atoms. The van der Waals surface area contributed by atoms with Crippen LogP contribution >= 0.6 is 0 Å². The molecule has 5 heteroatoms. The van der Waals surface area contributed by atoms with Crippen molar-refractivity contribution in [3.63, 3.8) is 0 Å². The third-order valence-corrected chi connectivity index (χ3v) is 10.1. The molecule has 178 valence electrons. The Balaban J connectivity index is 1.34. The molecule has 2 bridgehead atoms. The Kier molecular flexibility index (Phi) is 3.88. The number of carbonyl (C=O) groups excluding carboxylic acids is 2. The van der Waals surface area contributed by atoms with Gasteiger partial charge in [-0.2, -0.15) is 0 Å². The first kappa shape index (κ1) is 20.8. The Morgan fingerprint density at radius 2 is 1.79 bits per heavy atom. The second kappa shape index (κ2) is 6.35. The van der Waals surface area contributed by atoms with Crippen molar-refractivity contribution in [3.05, 3.63) is 41.7 Å². The quantitative estimate of drug-likeness (QED) is 0.626. The van der Waals surface area contributed by atoms with Gasteiger partial charge < -0.3 is 14.6 Å². The van der Waals surface area contributed by atoms with Crippen LogP contribution in [0, 0.1) is 28.6 Å². The SMILES string of the molecule is CC(C)OC(=O)C1=CN(C(=O)C23CC4CC5CC(C2)C54C3)CC(C)(C)c2c1[nH]c1ccccc21. The standard InChI is InChI=1S/C29H34N2O3/c1-16(2)34-25(32)21-13-31(15-27(3,4)23-20-7-5-6-8-22(20)30-24(21)23)26(33)28-11-18-9-17-10-19(12-28)29(17,18)14-28/h5-8,13,16-19,30H,9-12,14-15H2,1-4H3. The highest BCUT2D eigenvalue weighted by Crippen LogP contribution is 2.84. The largest absolute Gasteiger partial charge is 0.459 e. The lowest BCUT2D eigenvalue weighted by Crippen LogP contribution is -2.59. The molecule has 1 N–H and O–H groups in total. The summed E-state index contributed by atoms with van der Waals surface area (Å²) in [5.74, 6) is 2.24. The predicted molar refractivity (Wildman–Crippen MR) is 131 cm³/mol. The van der Waals surface area contributed by atoms with Gasteiger partial charge in [0.15, 0.2) is 0 Å². The third kappa shape index (κ3) is 2.41. The number of benzene rings is 1. The van der Waals surface area contributed by atoms with E-state index in [1.54, 1.807) is 0 Å². The number of aromatic nitrogens is 1. The Morgan fingerprint density at radius 1 is 1.09 bits per heavy atom. The van der Waals surface area contributed by atoms with Crippen LogP contribution in [-0.2, 0) is 19.7 Å². The number of carbonyl (C=O) groups is 2. The second-order valence-electron chi connectivity index (χ2n) is 12.8. The van der Waals surface area contributed by atoms with Crippen LogP contribution in [0.3, 0.4) is 0 Å². The van der Waals surface area contributed by atoms with Crippen LogP contribution in [0.1, 0.15) is 71.1 Å². The summed E-state index contributed by atoms with van der Waals surface area (Å²) < 4.78 is 5.68. The molecule has 5 aliphatic rings. The molecule has 4 saturated carbocycles. The predicted octanol–water partition coefficient (Wildman–Crippen LogP) is 5.41. The van der Waals surface area contributed by atoms with Crippen LogP contribution in [0.15, 0.2) is 30.5 Å². The fourth-order valence-electron chi connectivity index (χ4n) is 9.01. The van der Waals surface area contributed by atoms with E-state index in [9.17, 15) is 9.59 Å². The van der Waals surface area contributed by atoms with E-state index in [1.165, 1.54) is 12.8 Å². The van der Waals surface area contributed by atoms with Crippen molar-refractivity contribution in [1.29, 1.82) is 0 Å². The van der Waals surface area contributed by atoms with Gasteiger partial charge in [0, 0.05) is 29.1 Å². The molecule has 4 fully saturated rings. The number of amides is 1. The van der Waals surface area contributed by atoms with E-state index < -0.39 is 0 Å². The smallest absolute Gasteiger partial charge is 0.342 e. The molecule has 2 aromatic rings. The number of rotatable bonds is 3. The maximum atomic E-state index is 14.3. The van der Waals surface area contributed by atoms with E-state index in [1.807, 2.05) is 43.1 Å². The Morgan fingerprint density at radius 3 is 2.44 bits per heavy atom. The Hall–Kier alpha value is -2.56. The highest BCUT2D eigenvalue weighted by Gasteiger charge is 2.79. The minimum Gasteiger partial charge on any atom is -0.459 e. The molecular weight excluding hydrogens is 424 g/mol. The zero-order valence-electron chi connectivity index (χ0n) is 20.6. The molecule has 4 aliphatic carbocycles. The molecular formula is C29H34N2O3. The lowest BCUT2D eigenvalue weighted by Gasteiger charge is -2.66. The minimum absolute atomic E-state index is 0.229. The van der Waals surface area contributed by atoms with Crippen molar-refractivity contribution in [2.24, 2.45) is 28.6 Å². The number of nitrogens with one attached hydrogen (secondary N) is 1. The molecule has 1 amide bonds. The lowest BCUT2D eigenvalue weighted by molar-refractivity contribution is -0.178. The summed E-state index contributed by atoms with van der Waals surface area (Å²) >= 11 is 0. The fourth-order valence-corrected chi connectivity index (χ4v) is 9.01. The number of hydrogen-bond donors (Lipinski definition) is 1. The monoisotopic (exact) mass is 458 g/mol. The van der Waals surface area contributed by atoms with Gasteiger partial charge >= 0.3 is 5.97 Å². The highest BCUT2D eigenvalue weighted by atomic mass is 16.5. The number of fused-ring (bicyclic) bond motifs is 4. The van der Waals surface area contributed by atoms with Gasteiger partial charge in [-0.05, 0) is 80.8 Å². The van der Waals surface area contributed by atoms with Crippen LogP contribution in [-0.4, -0.2) is 34.4 Å². The molecule has 2 atom stereocenters. The van der Waals surface area contributed by atoms with E-state index in [-0.39, 0.29) is 28.8 Å². The van der Waals surface area contributed by atoms with E-state index in [2.05, 4.69) is 24.9 Å². The second-order valence-corrected chi connectivity index (χ2v) is 12.8. The first-order valence-electron chi connectivity index (χ1n) is 13.0. The highest BCUT2D eigenvalue weighted by molar-refractivity contribution is 6.18. The van der Waals surface area contributed by atoms with E-state index in [0.29, 0.717) is 17.5 Å². The summed E-state index contributed by atoms with van der Waals surface area (Å²) in [5.41, 5.74) is 3.29. The number of H-pyrrole nitrogens is 1. The summed E-state index contributed by atoms with van der Waals surface area (Å²) in [5, 5.41) is 1.11. The Bertz CT molecular complexity index is 1270. The van der Waals surface area contributed by atoms with Gasteiger partial charge in [0.1, 0.15) is 0 Å². The van der Waals surface area contributed by atoms with Gasteiger partial charge in [0.25, 0.3) is 0 Å². The molecule has 0 radical (unpaired) electrons. The van der Waals surface area contributed by atoms with Gasteiger partial charge in [-0.25, -0.2) is 4.79 Å². The lowest BCUT2D eigenvalue weighted by atomic mass is 9.38. The number of aromatic amines is 1. The topological polar surface area (TPSA) is 62.4 Å². The summed E-state index contributed by atoms with van der Waals surface area (Å²) in [4.78, 5) is 33.1. The molecule has 0 saturated heterocycles. The van der Waals surface area contributed by atoms with Gasteiger partial charge in [-0.15, -0.1) is 0 Å². The first-order valence-corrected chi connectivity index (χ1v) is 13.0. The number of esters is 1. The van der Waals surface area contributed by atoms with Crippen molar-refractivity contribution in [1.82, 2.24) is 9.88 Å². The number of ether oxygens (including phenoxy) is 1. The van der Waals surface area contributed by atoms with Crippen LogP contribution in [0.5, 0.6) is 0 Å². The van der Waals surface area contributed by atoms with Crippen molar-refractivity contribution >= 4 is 28.4 Å². The van der Waals surface area contributed by atoms with E-state index in [0.717, 1.165) is 59.2 Å². The van der Waals surface area contributed by atoms with Gasteiger partial charge in [-0.3, -0.25) is 4.79 Å². The zero-order chi connectivity index (χ0) is 23.6. The van der Waals surface area contributed by atoms with Gasteiger partial charge in [-0.1, -0.05) is 32.0 Å². The van der Waals surface area contributed by atoms with Crippen molar-refractivity contribution < 1.29 is 14.3 Å². The fraction of sp³-hybridized carbons (Fsp3) is 0.586. The maximum absolute atomic E-state index is 14.3. The number of para-hydroxylation sites is 1. The molecule has 34 heavy (non-hydrogen) atoms. The van der Waals surface area contributed by atoms with Crippen LogP contribution in [0.25, 0.3) is 16.5 Å². The zero-order valence-corrected chi connectivity index (χ0v) is 20.6. The number of nitrogens with zero attached hydrogens (tertiary/aromatic N) is 1. The first-order chi connectivity index (χ1) is 16.1. The van der Waals surface area contributed by atoms with Gasteiger partial charge in [0.2, 0.25) is 5.91 Å². The molecule has 1 aliphatic heterocycles. The molecule has 2 heterocycles.